The van der Waals surface area contributed by atoms with Crippen molar-refractivity contribution >= 4 is 11.4 Å². The van der Waals surface area contributed by atoms with Gasteiger partial charge in [-0.3, -0.25) is 15.3 Å². The van der Waals surface area contributed by atoms with Crippen LogP contribution in [0.25, 0.3) is 0 Å². The minimum absolute atomic E-state index is 0.0228. The Balaban J connectivity index is 2.15. The SMILES string of the molecule is C=C1CCCCC1N(O)c1ccc([N+](=O)[O-])cc1. The Bertz CT molecular complexity index is 456. The minimum Gasteiger partial charge on any atom is -0.288 e. The molecule has 0 radical (unpaired) electrons. The summed E-state index contributed by atoms with van der Waals surface area (Å²) in [6, 6.07) is 5.81. The molecule has 1 unspecified atom stereocenters. The third kappa shape index (κ3) is 2.51. The highest BCUT2D eigenvalue weighted by Crippen LogP contribution is 2.29. The first-order chi connectivity index (χ1) is 8.59. The Hall–Kier alpha value is -1.88. The minimum atomic E-state index is -0.453. The molecule has 1 aromatic carbocycles. The van der Waals surface area contributed by atoms with Crippen molar-refractivity contribution < 1.29 is 10.1 Å². The topological polar surface area (TPSA) is 66.6 Å². The maximum atomic E-state index is 10.6. The molecule has 1 aliphatic rings. The fourth-order valence-electron chi connectivity index (χ4n) is 2.26. The molecule has 0 amide bonds. The molecule has 0 saturated heterocycles. The van der Waals surface area contributed by atoms with Crippen LogP contribution in [0.4, 0.5) is 11.4 Å². The molecular formula is C13H16N2O3. The molecule has 0 heterocycles. The van der Waals surface area contributed by atoms with E-state index in [0.29, 0.717) is 5.69 Å². The molecule has 96 valence electrons. The molecule has 18 heavy (non-hydrogen) atoms. The number of hydroxylamine groups is 1. The molecular weight excluding hydrogens is 232 g/mol. The molecule has 0 bridgehead atoms. The molecule has 1 aromatic rings. The van der Waals surface area contributed by atoms with Gasteiger partial charge in [0.05, 0.1) is 16.7 Å². The van der Waals surface area contributed by atoms with E-state index in [4.69, 9.17) is 0 Å². The highest BCUT2D eigenvalue weighted by molar-refractivity contribution is 5.50. The average Bonchev–Trinajstić information content (AvgIpc) is 2.38. The summed E-state index contributed by atoms with van der Waals surface area (Å²) < 4.78 is 0. The Morgan fingerprint density at radius 1 is 1.33 bits per heavy atom. The quantitative estimate of drug-likeness (QED) is 0.506. The zero-order chi connectivity index (χ0) is 13.1. The first-order valence-electron chi connectivity index (χ1n) is 6.00. The number of hydrogen-bond acceptors (Lipinski definition) is 4. The van der Waals surface area contributed by atoms with Crippen LogP contribution in [0.15, 0.2) is 36.4 Å². The van der Waals surface area contributed by atoms with Crippen molar-refractivity contribution in [1.29, 1.82) is 0 Å². The van der Waals surface area contributed by atoms with Crippen molar-refractivity contribution in [3.8, 4) is 0 Å². The molecule has 5 nitrogen and oxygen atoms in total. The van der Waals surface area contributed by atoms with Crippen LogP contribution in [0, 0.1) is 10.1 Å². The van der Waals surface area contributed by atoms with E-state index >= 15 is 0 Å². The van der Waals surface area contributed by atoms with E-state index in [1.807, 2.05) is 0 Å². The Morgan fingerprint density at radius 2 is 2.00 bits per heavy atom. The van der Waals surface area contributed by atoms with Gasteiger partial charge in [-0.2, -0.15) is 0 Å². The van der Waals surface area contributed by atoms with Gasteiger partial charge in [0, 0.05) is 12.1 Å². The van der Waals surface area contributed by atoms with Gasteiger partial charge >= 0.3 is 0 Å². The van der Waals surface area contributed by atoms with Crippen LogP contribution in [-0.2, 0) is 0 Å². The number of nitro benzene ring substituents is 1. The lowest BCUT2D eigenvalue weighted by Gasteiger charge is -2.32. The molecule has 1 fully saturated rings. The summed E-state index contributed by atoms with van der Waals surface area (Å²) in [6.45, 7) is 3.98. The van der Waals surface area contributed by atoms with Gasteiger partial charge in [-0.05, 0) is 31.4 Å². The largest absolute Gasteiger partial charge is 0.288 e. The third-order valence-electron chi connectivity index (χ3n) is 3.32. The monoisotopic (exact) mass is 248 g/mol. The van der Waals surface area contributed by atoms with Crippen LogP contribution in [0.2, 0.25) is 0 Å². The van der Waals surface area contributed by atoms with Crippen LogP contribution in [0.1, 0.15) is 25.7 Å². The average molecular weight is 248 g/mol. The van der Waals surface area contributed by atoms with E-state index in [9.17, 15) is 15.3 Å². The number of nitro groups is 1. The molecule has 0 aliphatic heterocycles. The van der Waals surface area contributed by atoms with Crippen molar-refractivity contribution in [3.63, 3.8) is 0 Å². The second kappa shape index (κ2) is 5.18. The predicted octanol–water partition coefficient (Wildman–Crippen LogP) is 3.29. The summed E-state index contributed by atoms with van der Waals surface area (Å²) in [4.78, 5) is 10.1. The van der Waals surface area contributed by atoms with Gasteiger partial charge in [-0.25, -0.2) is 5.06 Å². The smallest absolute Gasteiger partial charge is 0.269 e. The Labute approximate surface area is 105 Å². The van der Waals surface area contributed by atoms with Gasteiger partial charge in [0.1, 0.15) is 0 Å². The third-order valence-corrected chi connectivity index (χ3v) is 3.32. The summed E-state index contributed by atoms with van der Waals surface area (Å²) in [5, 5.41) is 21.9. The number of hydrogen-bond donors (Lipinski definition) is 1. The molecule has 0 aromatic heterocycles. The molecule has 5 heteroatoms. The number of anilines is 1. The van der Waals surface area contributed by atoms with Crippen molar-refractivity contribution in [2.24, 2.45) is 0 Å². The second-order valence-corrected chi connectivity index (χ2v) is 4.54. The molecule has 1 aliphatic carbocycles. The molecule has 0 spiro atoms. The number of non-ortho nitro benzene ring substituents is 1. The lowest BCUT2D eigenvalue weighted by atomic mass is 9.90. The van der Waals surface area contributed by atoms with Crippen LogP contribution in [0.3, 0.4) is 0 Å². The molecule has 1 N–H and O–H groups in total. The molecule has 1 saturated carbocycles. The summed E-state index contributed by atoms with van der Waals surface area (Å²) in [7, 11) is 0. The van der Waals surface area contributed by atoms with Crippen LogP contribution in [-0.4, -0.2) is 16.2 Å². The van der Waals surface area contributed by atoms with Gasteiger partial charge in [-0.1, -0.05) is 18.6 Å². The van der Waals surface area contributed by atoms with Gasteiger partial charge in [0.25, 0.3) is 5.69 Å². The normalized spacial score (nSPS) is 19.6. The second-order valence-electron chi connectivity index (χ2n) is 4.54. The molecule has 1 atom stereocenters. The highest BCUT2D eigenvalue weighted by atomic mass is 16.6. The van der Waals surface area contributed by atoms with Gasteiger partial charge < -0.3 is 0 Å². The van der Waals surface area contributed by atoms with Crippen LogP contribution < -0.4 is 5.06 Å². The summed E-state index contributed by atoms with van der Waals surface area (Å²) in [5.74, 6) is 0. The van der Waals surface area contributed by atoms with Gasteiger partial charge in [0.2, 0.25) is 0 Å². The fourth-order valence-corrected chi connectivity index (χ4v) is 2.26. The van der Waals surface area contributed by atoms with Crippen LogP contribution in [0.5, 0.6) is 0 Å². The molecule has 2 rings (SSSR count). The van der Waals surface area contributed by atoms with E-state index in [-0.39, 0.29) is 11.7 Å². The summed E-state index contributed by atoms with van der Waals surface area (Å²) in [6.07, 6.45) is 3.97. The van der Waals surface area contributed by atoms with E-state index in [0.717, 1.165) is 31.3 Å². The zero-order valence-electron chi connectivity index (χ0n) is 10.1. The lowest BCUT2D eigenvalue weighted by molar-refractivity contribution is -0.384. The van der Waals surface area contributed by atoms with Crippen molar-refractivity contribution in [2.45, 2.75) is 31.7 Å². The first-order valence-corrected chi connectivity index (χ1v) is 6.00. The van der Waals surface area contributed by atoms with Crippen molar-refractivity contribution in [1.82, 2.24) is 0 Å². The standard InChI is InChI=1S/C13H16N2O3/c1-10-4-2-3-5-13(10)14(16)11-6-8-12(9-7-11)15(17)18/h6-9,13,16H,1-5H2. The maximum Gasteiger partial charge on any atom is 0.269 e. The van der Waals surface area contributed by atoms with E-state index in [1.54, 1.807) is 12.1 Å². The highest BCUT2D eigenvalue weighted by Gasteiger charge is 2.23. The number of rotatable bonds is 3. The number of nitrogens with zero attached hydrogens (tertiary/aromatic N) is 2. The van der Waals surface area contributed by atoms with E-state index in [1.165, 1.54) is 17.2 Å². The van der Waals surface area contributed by atoms with E-state index < -0.39 is 4.92 Å². The van der Waals surface area contributed by atoms with E-state index in [2.05, 4.69) is 6.58 Å². The first kappa shape index (κ1) is 12.6. The fraction of sp³-hybridized carbons (Fsp3) is 0.385. The van der Waals surface area contributed by atoms with Crippen molar-refractivity contribution in [3.05, 3.63) is 46.5 Å². The maximum absolute atomic E-state index is 10.6. The zero-order valence-corrected chi connectivity index (χ0v) is 10.1. The van der Waals surface area contributed by atoms with Crippen LogP contribution >= 0.6 is 0 Å². The predicted molar refractivity (Wildman–Crippen MR) is 68.8 cm³/mol. The Morgan fingerprint density at radius 3 is 2.56 bits per heavy atom. The summed E-state index contributed by atoms with van der Waals surface area (Å²) in [5.41, 5.74) is 1.60. The van der Waals surface area contributed by atoms with Gasteiger partial charge in [-0.15, -0.1) is 0 Å². The van der Waals surface area contributed by atoms with Crippen molar-refractivity contribution in [2.75, 3.05) is 5.06 Å². The lowest BCUT2D eigenvalue weighted by Crippen LogP contribution is -2.35. The number of benzene rings is 1. The van der Waals surface area contributed by atoms with Gasteiger partial charge in [0.15, 0.2) is 0 Å². The summed E-state index contributed by atoms with van der Waals surface area (Å²) >= 11 is 0. The Kier molecular flexibility index (Phi) is 3.62.